The van der Waals surface area contributed by atoms with E-state index in [0.29, 0.717) is 10.6 Å². The third-order valence-electron chi connectivity index (χ3n) is 2.95. The van der Waals surface area contributed by atoms with Crippen molar-refractivity contribution in [3.63, 3.8) is 0 Å². The molecule has 0 unspecified atom stereocenters. The van der Waals surface area contributed by atoms with Crippen molar-refractivity contribution in [1.82, 2.24) is 0 Å². The molecule has 18 heavy (non-hydrogen) atoms. The van der Waals surface area contributed by atoms with Crippen LogP contribution in [0.1, 0.15) is 23.7 Å². The van der Waals surface area contributed by atoms with Crippen molar-refractivity contribution < 1.29 is 18.7 Å². The molecule has 1 fully saturated rings. The number of hydrogen-bond donors (Lipinski definition) is 0. The van der Waals surface area contributed by atoms with Crippen molar-refractivity contribution in [1.29, 1.82) is 0 Å². The molecule has 0 spiro atoms. The molecule has 0 heterocycles. The Morgan fingerprint density at radius 1 is 1.44 bits per heavy atom. The van der Waals surface area contributed by atoms with Crippen LogP contribution in [0.3, 0.4) is 0 Å². The molecule has 0 amide bonds. The minimum atomic E-state index is -2.15. The first-order valence-electron chi connectivity index (χ1n) is 5.65. The molecule has 0 saturated heterocycles. The van der Waals surface area contributed by atoms with Gasteiger partial charge >= 0.3 is 5.97 Å². The zero-order valence-corrected chi connectivity index (χ0v) is 10.5. The van der Waals surface area contributed by atoms with Gasteiger partial charge in [-0.25, -0.2) is 9.18 Å². The van der Waals surface area contributed by atoms with Crippen molar-refractivity contribution in [3.8, 4) is 0 Å². The average Bonchev–Trinajstić information content (AvgIpc) is 3.04. The van der Waals surface area contributed by atoms with Crippen molar-refractivity contribution in [2.75, 3.05) is 6.61 Å². The van der Waals surface area contributed by atoms with E-state index in [1.807, 2.05) is 0 Å². The summed E-state index contributed by atoms with van der Waals surface area (Å²) in [7, 11) is 0. The SMILES string of the molecule is CCOC(=O)[C@]1(F)C[C@H]1C(=O)c1ccc(Cl)cc1. The van der Waals surface area contributed by atoms with Crippen LogP contribution in [0, 0.1) is 5.92 Å². The quantitative estimate of drug-likeness (QED) is 0.624. The summed E-state index contributed by atoms with van der Waals surface area (Å²) in [6.45, 7) is 1.70. The summed E-state index contributed by atoms with van der Waals surface area (Å²) in [5, 5.41) is 0.499. The molecule has 96 valence electrons. The number of hydrogen-bond acceptors (Lipinski definition) is 3. The van der Waals surface area contributed by atoms with Crippen LogP contribution in [0.4, 0.5) is 4.39 Å². The van der Waals surface area contributed by atoms with Gasteiger partial charge in [0, 0.05) is 17.0 Å². The summed E-state index contributed by atoms with van der Waals surface area (Å²) < 4.78 is 18.7. The molecule has 1 aliphatic rings. The minimum Gasteiger partial charge on any atom is -0.464 e. The average molecular weight is 271 g/mol. The predicted octanol–water partition coefficient (Wildman–Crippen LogP) is 2.81. The Hall–Kier alpha value is -1.42. The molecule has 3 nitrogen and oxygen atoms in total. The van der Waals surface area contributed by atoms with Crippen molar-refractivity contribution in [3.05, 3.63) is 34.9 Å². The molecule has 0 aliphatic heterocycles. The maximum Gasteiger partial charge on any atom is 0.344 e. The second kappa shape index (κ2) is 4.69. The molecule has 1 aromatic rings. The molecule has 5 heteroatoms. The van der Waals surface area contributed by atoms with Gasteiger partial charge in [-0.2, -0.15) is 0 Å². The van der Waals surface area contributed by atoms with Crippen LogP contribution >= 0.6 is 11.6 Å². The first-order valence-corrected chi connectivity index (χ1v) is 6.02. The number of alkyl halides is 1. The topological polar surface area (TPSA) is 43.4 Å². The molecule has 1 saturated carbocycles. The van der Waals surface area contributed by atoms with Gasteiger partial charge in [0.25, 0.3) is 0 Å². The van der Waals surface area contributed by atoms with Gasteiger partial charge < -0.3 is 4.74 Å². The lowest BCUT2D eigenvalue weighted by Gasteiger charge is -2.06. The minimum absolute atomic E-state index is 0.104. The number of Topliss-reactive ketones (excluding diaryl/α,β-unsaturated/α-hetero) is 1. The first kappa shape index (κ1) is 13.0. The van der Waals surface area contributed by atoms with Crippen LogP contribution in [0.15, 0.2) is 24.3 Å². The summed E-state index contributed by atoms with van der Waals surface area (Å²) in [4.78, 5) is 23.3. The number of esters is 1. The van der Waals surface area contributed by atoms with E-state index in [9.17, 15) is 14.0 Å². The largest absolute Gasteiger partial charge is 0.464 e. The molecule has 0 aromatic heterocycles. The molecule has 2 atom stereocenters. The maximum atomic E-state index is 14.0. The van der Waals surface area contributed by atoms with Gasteiger partial charge in [-0.05, 0) is 31.2 Å². The van der Waals surface area contributed by atoms with Crippen LogP contribution in [0.25, 0.3) is 0 Å². The number of carbonyl (C=O) groups excluding carboxylic acids is 2. The summed E-state index contributed by atoms with van der Waals surface area (Å²) in [5.41, 5.74) is -1.79. The van der Waals surface area contributed by atoms with Crippen LogP contribution < -0.4 is 0 Å². The van der Waals surface area contributed by atoms with Crippen LogP contribution in [-0.2, 0) is 9.53 Å². The van der Waals surface area contributed by atoms with Gasteiger partial charge in [0.15, 0.2) is 5.78 Å². The van der Waals surface area contributed by atoms with Crippen molar-refractivity contribution in [2.24, 2.45) is 5.92 Å². The fraction of sp³-hybridized carbons (Fsp3) is 0.385. The second-order valence-corrected chi connectivity index (χ2v) is 4.65. The second-order valence-electron chi connectivity index (χ2n) is 4.21. The molecule has 1 aromatic carbocycles. The Labute approximate surface area is 109 Å². The standard InChI is InChI=1S/C13H12ClFO3/c1-2-18-12(17)13(15)7-10(13)11(16)8-3-5-9(14)6-4-8/h3-6,10H,2,7H2,1H3/t10-,13-/m0/s1. The zero-order valence-electron chi connectivity index (χ0n) is 9.78. The fourth-order valence-corrected chi connectivity index (χ4v) is 1.96. The lowest BCUT2D eigenvalue weighted by molar-refractivity contribution is -0.151. The Balaban J connectivity index is 2.09. The highest BCUT2D eigenvalue weighted by molar-refractivity contribution is 6.30. The van der Waals surface area contributed by atoms with Gasteiger partial charge in [-0.3, -0.25) is 4.79 Å². The number of rotatable bonds is 4. The van der Waals surface area contributed by atoms with E-state index in [1.165, 1.54) is 12.1 Å². The third kappa shape index (κ3) is 2.25. The molecule has 2 rings (SSSR count). The predicted molar refractivity (Wildman–Crippen MR) is 64.4 cm³/mol. The van der Waals surface area contributed by atoms with Gasteiger partial charge in [0.1, 0.15) is 0 Å². The number of halogens is 2. The molecular formula is C13H12ClFO3. The number of benzene rings is 1. The third-order valence-corrected chi connectivity index (χ3v) is 3.21. The van der Waals surface area contributed by atoms with Gasteiger partial charge in [-0.15, -0.1) is 0 Å². The van der Waals surface area contributed by atoms with E-state index in [2.05, 4.69) is 4.74 Å². The Kier molecular flexibility index (Phi) is 3.39. The summed E-state index contributed by atoms with van der Waals surface area (Å²) in [6.07, 6.45) is -0.104. The van der Waals surface area contributed by atoms with Crippen molar-refractivity contribution >= 4 is 23.4 Å². The van der Waals surface area contributed by atoms with Crippen LogP contribution in [0.2, 0.25) is 5.02 Å². The zero-order chi connectivity index (χ0) is 13.3. The summed E-state index contributed by atoms with van der Waals surface area (Å²) >= 11 is 5.70. The monoisotopic (exact) mass is 270 g/mol. The smallest absolute Gasteiger partial charge is 0.344 e. The molecule has 0 bridgehead atoms. The van der Waals surface area contributed by atoms with E-state index in [0.717, 1.165) is 0 Å². The van der Waals surface area contributed by atoms with E-state index < -0.39 is 17.6 Å². The lowest BCUT2D eigenvalue weighted by Crippen LogP contribution is -2.25. The highest BCUT2D eigenvalue weighted by Crippen LogP contribution is 2.50. The molecular weight excluding hydrogens is 259 g/mol. The first-order chi connectivity index (χ1) is 8.49. The lowest BCUT2D eigenvalue weighted by atomic mass is 10.1. The summed E-state index contributed by atoms with van der Waals surface area (Å²) in [5.74, 6) is -2.27. The number of ketones is 1. The van der Waals surface area contributed by atoms with Gasteiger partial charge in [0.2, 0.25) is 5.67 Å². The Bertz CT molecular complexity index is 486. The van der Waals surface area contributed by atoms with Gasteiger partial charge in [-0.1, -0.05) is 11.6 Å². The fourth-order valence-electron chi connectivity index (χ4n) is 1.83. The molecule has 0 N–H and O–H groups in total. The maximum absolute atomic E-state index is 14.0. The van der Waals surface area contributed by atoms with E-state index in [-0.39, 0.29) is 18.8 Å². The Morgan fingerprint density at radius 3 is 2.61 bits per heavy atom. The number of ether oxygens (including phenoxy) is 1. The van der Waals surface area contributed by atoms with Gasteiger partial charge in [0.05, 0.1) is 12.5 Å². The van der Waals surface area contributed by atoms with E-state index in [1.54, 1.807) is 19.1 Å². The normalized spacial score (nSPS) is 25.6. The highest BCUT2D eigenvalue weighted by Gasteiger charge is 2.66. The summed E-state index contributed by atoms with van der Waals surface area (Å²) in [6, 6.07) is 6.16. The van der Waals surface area contributed by atoms with Crippen molar-refractivity contribution in [2.45, 2.75) is 19.0 Å². The Morgan fingerprint density at radius 2 is 2.06 bits per heavy atom. The van der Waals surface area contributed by atoms with E-state index in [4.69, 9.17) is 11.6 Å². The molecule has 0 radical (unpaired) electrons. The number of carbonyl (C=O) groups is 2. The van der Waals surface area contributed by atoms with Crippen LogP contribution in [0.5, 0.6) is 0 Å². The van der Waals surface area contributed by atoms with Crippen LogP contribution in [-0.4, -0.2) is 24.0 Å². The van der Waals surface area contributed by atoms with E-state index >= 15 is 0 Å². The highest BCUT2D eigenvalue weighted by atomic mass is 35.5. The molecule has 1 aliphatic carbocycles.